The van der Waals surface area contributed by atoms with Crippen LogP contribution in [0.15, 0.2) is 103 Å². The molecule has 0 saturated carbocycles. The third-order valence-electron chi connectivity index (χ3n) is 8.18. The second-order valence-electron chi connectivity index (χ2n) is 10.0. The normalized spacial score (nSPS) is 24.2. The number of carbonyl (C=O) groups excluding carboxylic acids is 3. The van der Waals surface area contributed by atoms with Crippen molar-refractivity contribution in [3.8, 4) is 0 Å². The number of hydrogen-bond donors (Lipinski definition) is 1. The van der Waals surface area contributed by atoms with E-state index >= 15 is 0 Å². The number of aromatic nitrogens is 1. The zero-order valence-corrected chi connectivity index (χ0v) is 21.4. The summed E-state index contributed by atoms with van der Waals surface area (Å²) in [4.78, 5) is 49.6. The van der Waals surface area contributed by atoms with E-state index in [2.05, 4.69) is 10.3 Å². The van der Waals surface area contributed by atoms with E-state index < -0.39 is 23.4 Å². The first-order valence-corrected chi connectivity index (χ1v) is 13.1. The van der Waals surface area contributed by atoms with Gasteiger partial charge in [0.05, 0.1) is 17.0 Å². The first kappa shape index (κ1) is 23.6. The highest BCUT2D eigenvalue weighted by Gasteiger charge is 2.70. The number of hydrogen-bond acceptors (Lipinski definition) is 5. The minimum atomic E-state index is -1.40. The fraction of sp³-hybridized carbons (Fsp3) is 0.125. The van der Waals surface area contributed by atoms with E-state index in [9.17, 15) is 14.4 Å². The van der Waals surface area contributed by atoms with Crippen LogP contribution in [0, 0.1) is 5.92 Å². The number of pyridine rings is 1. The average molecular weight is 532 g/mol. The molecule has 1 saturated heterocycles. The average Bonchev–Trinajstić information content (AvgIpc) is 3.45. The fourth-order valence-corrected chi connectivity index (χ4v) is 6.89. The summed E-state index contributed by atoms with van der Waals surface area (Å²) in [6.07, 6.45) is 5.33. The van der Waals surface area contributed by atoms with Gasteiger partial charge < -0.3 is 10.2 Å². The number of fused-ring (bicyclic) bond motifs is 6. The number of Topliss-reactive ketones (excluding diaryl/α,β-unsaturated/α-hetero) is 2. The minimum Gasteiger partial charge on any atom is -0.358 e. The van der Waals surface area contributed by atoms with Crippen LogP contribution >= 0.6 is 11.6 Å². The maximum absolute atomic E-state index is 14.7. The van der Waals surface area contributed by atoms with Crippen LogP contribution < -0.4 is 5.32 Å². The van der Waals surface area contributed by atoms with Crippen molar-refractivity contribution in [2.45, 2.75) is 17.5 Å². The lowest BCUT2D eigenvalue weighted by molar-refractivity contribution is -0.122. The molecule has 1 spiro atoms. The van der Waals surface area contributed by atoms with Crippen LogP contribution in [0.25, 0.3) is 6.08 Å². The monoisotopic (exact) mass is 531 g/mol. The van der Waals surface area contributed by atoms with E-state index in [0.29, 0.717) is 11.3 Å². The lowest BCUT2D eigenvalue weighted by Gasteiger charge is -2.38. The Labute approximate surface area is 229 Å². The van der Waals surface area contributed by atoms with Gasteiger partial charge in [0.2, 0.25) is 11.7 Å². The molecule has 3 aliphatic heterocycles. The maximum Gasteiger partial charge on any atom is 0.238 e. The summed E-state index contributed by atoms with van der Waals surface area (Å²) in [5.74, 6) is -2.09. The molecule has 4 atom stereocenters. The van der Waals surface area contributed by atoms with E-state index in [4.69, 9.17) is 11.6 Å². The van der Waals surface area contributed by atoms with Gasteiger partial charge in [-0.2, -0.15) is 0 Å². The maximum atomic E-state index is 14.7. The van der Waals surface area contributed by atoms with Crippen molar-refractivity contribution < 1.29 is 14.4 Å². The molecule has 0 radical (unpaired) electrons. The van der Waals surface area contributed by atoms with Gasteiger partial charge in [-0.15, -0.1) is 0 Å². The van der Waals surface area contributed by atoms with E-state index in [-0.39, 0.29) is 33.8 Å². The standard InChI is InChI=1S/C32H22ClN3O3/c33-23-13-5-3-11-21(23)28(37)26-27(29(38)25-15-7-8-17-34-25)36-18-16-19-9-1-2-10-20(19)30(36)32(26)22-12-4-6-14-24(22)35-31(32)39/h1-18,26-27,30H,(H,35,39)/t26-,27-,30+,32+/m0/s1. The van der Waals surface area contributed by atoms with Gasteiger partial charge in [-0.05, 0) is 53.1 Å². The largest absolute Gasteiger partial charge is 0.358 e. The second kappa shape index (κ2) is 8.75. The number of amides is 1. The molecule has 3 aliphatic rings. The topological polar surface area (TPSA) is 79.4 Å². The molecular formula is C32H22ClN3O3. The zero-order chi connectivity index (χ0) is 26.7. The van der Waals surface area contributed by atoms with E-state index in [0.717, 1.165) is 11.1 Å². The Bertz CT molecular complexity index is 1700. The quantitative estimate of drug-likeness (QED) is 0.341. The minimum absolute atomic E-state index is 0.231. The van der Waals surface area contributed by atoms with Gasteiger partial charge in [0.1, 0.15) is 17.2 Å². The smallest absolute Gasteiger partial charge is 0.238 e. The molecular weight excluding hydrogens is 510 g/mol. The van der Waals surface area contributed by atoms with Gasteiger partial charge in [-0.1, -0.05) is 72.3 Å². The van der Waals surface area contributed by atoms with Gasteiger partial charge in [0.15, 0.2) is 5.78 Å². The summed E-state index contributed by atoms with van der Waals surface area (Å²) in [6, 6.07) is 25.5. The second-order valence-corrected chi connectivity index (χ2v) is 10.4. The Morgan fingerprint density at radius 3 is 2.44 bits per heavy atom. The zero-order valence-electron chi connectivity index (χ0n) is 20.6. The molecule has 0 bridgehead atoms. The number of benzene rings is 3. The lowest BCUT2D eigenvalue weighted by atomic mass is 9.62. The van der Waals surface area contributed by atoms with Crippen LogP contribution in [0.1, 0.15) is 43.6 Å². The summed E-state index contributed by atoms with van der Waals surface area (Å²) in [6.45, 7) is 0. The Kier molecular flexibility index (Phi) is 5.28. The molecule has 0 aliphatic carbocycles. The summed E-state index contributed by atoms with van der Waals surface area (Å²) in [5.41, 5.74) is 2.24. The molecule has 39 heavy (non-hydrogen) atoms. The molecule has 1 N–H and O–H groups in total. The van der Waals surface area contributed by atoms with Crippen LogP contribution in [0.5, 0.6) is 0 Å². The number of carbonyl (C=O) groups is 3. The Morgan fingerprint density at radius 1 is 0.872 bits per heavy atom. The highest BCUT2D eigenvalue weighted by atomic mass is 35.5. The third-order valence-corrected chi connectivity index (χ3v) is 8.51. The highest BCUT2D eigenvalue weighted by Crippen LogP contribution is 2.62. The summed E-state index contributed by atoms with van der Waals surface area (Å²) in [7, 11) is 0. The van der Waals surface area contributed by atoms with Gasteiger partial charge in [0.25, 0.3) is 0 Å². The molecule has 6 nitrogen and oxygen atoms in total. The molecule has 1 amide bonds. The molecule has 190 valence electrons. The van der Waals surface area contributed by atoms with Crippen molar-refractivity contribution in [2.75, 3.05) is 5.32 Å². The number of halogens is 1. The predicted octanol–water partition coefficient (Wildman–Crippen LogP) is 5.72. The number of para-hydroxylation sites is 1. The number of nitrogens with one attached hydrogen (secondary N) is 1. The summed E-state index contributed by atoms with van der Waals surface area (Å²) < 4.78 is 0. The van der Waals surface area contributed by atoms with Crippen molar-refractivity contribution in [1.29, 1.82) is 0 Å². The Balaban J connectivity index is 1.56. The number of anilines is 1. The van der Waals surface area contributed by atoms with Gasteiger partial charge >= 0.3 is 0 Å². The van der Waals surface area contributed by atoms with Gasteiger partial charge in [-0.25, -0.2) is 0 Å². The first-order valence-electron chi connectivity index (χ1n) is 12.7. The third kappa shape index (κ3) is 3.21. The van der Waals surface area contributed by atoms with Crippen LogP contribution in [0.4, 0.5) is 5.69 Å². The molecule has 4 heterocycles. The molecule has 7 rings (SSSR count). The van der Waals surface area contributed by atoms with Crippen molar-refractivity contribution in [3.05, 3.63) is 136 Å². The number of ketones is 2. The fourth-order valence-electron chi connectivity index (χ4n) is 6.66. The molecule has 3 aromatic carbocycles. The van der Waals surface area contributed by atoms with Crippen LogP contribution in [0.2, 0.25) is 5.02 Å². The van der Waals surface area contributed by atoms with Gasteiger partial charge in [-0.3, -0.25) is 19.4 Å². The predicted molar refractivity (Wildman–Crippen MR) is 148 cm³/mol. The van der Waals surface area contributed by atoms with Crippen LogP contribution in [0.3, 0.4) is 0 Å². The SMILES string of the molecule is O=C(c1ccccn1)[C@@H]1[C@@H](C(=O)c2ccccc2Cl)[C@@]2(C(=O)Nc3ccccc32)[C@H]2c3ccccc3C=CN12. The van der Waals surface area contributed by atoms with E-state index in [1.807, 2.05) is 65.7 Å². The van der Waals surface area contributed by atoms with Crippen molar-refractivity contribution in [3.63, 3.8) is 0 Å². The van der Waals surface area contributed by atoms with E-state index in [1.54, 1.807) is 48.7 Å². The number of rotatable bonds is 4. The first-order chi connectivity index (χ1) is 19.0. The molecule has 7 heteroatoms. The lowest BCUT2D eigenvalue weighted by Crippen LogP contribution is -2.49. The molecule has 4 aromatic rings. The number of nitrogens with zero attached hydrogens (tertiary/aromatic N) is 2. The Morgan fingerprint density at radius 2 is 1.62 bits per heavy atom. The molecule has 1 aromatic heterocycles. The van der Waals surface area contributed by atoms with E-state index in [1.165, 1.54) is 0 Å². The van der Waals surface area contributed by atoms with Crippen LogP contribution in [-0.2, 0) is 10.2 Å². The van der Waals surface area contributed by atoms with Crippen molar-refractivity contribution in [1.82, 2.24) is 9.88 Å². The summed E-state index contributed by atoms with van der Waals surface area (Å²) in [5, 5.41) is 3.31. The van der Waals surface area contributed by atoms with Crippen molar-refractivity contribution >= 4 is 40.8 Å². The molecule has 1 fully saturated rings. The molecule has 0 unspecified atom stereocenters. The van der Waals surface area contributed by atoms with Crippen molar-refractivity contribution in [2.24, 2.45) is 5.92 Å². The highest BCUT2D eigenvalue weighted by molar-refractivity contribution is 6.34. The Hall–Kier alpha value is -4.55. The van der Waals surface area contributed by atoms with Crippen LogP contribution in [-0.4, -0.2) is 33.4 Å². The summed E-state index contributed by atoms with van der Waals surface area (Å²) >= 11 is 6.56. The van der Waals surface area contributed by atoms with Gasteiger partial charge in [0, 0.05) is 23.6 Å².